The fourth-order valence-electron chi connectivity index (χ4n) is 4.39. The molecule has 0 fully saturated rings. The van der Waals surface area contributed by atoms with Crippen molar-refractivity contribution in [2.75, 3.05) is 0 Å². The zero-order valence-electron chi connectivity index (χ0n) is 26.1. The number of hydrogen-bond acceptors (Lipinski definition) is 1. The maximum Gasteiger partial charge on any atom is 2.00 e. The van der Waals surface area contributed by atoms with Gasteiger partial charge in [-0.3, -0.25) is 0 Å². The maximum absolute atomic E-state index is 8.88. The van der Waals surface area contributed by atoms with Gasteiger partial charge in [0.1, 0.15) is 0 Å². The van der Waals surface area contributed by atoms with Crippen LogP contribution in [-0.4, -0.2) is 52.4 Å². The zero-order valence-corrected chi connectivity index (χ0v) is 29.2. The van der Waals surface area contributed by atoms with Crippen molar-refractivity contribution in [2.45, 2.75) is 194 Å². The van der Waals surface area contributed by atoms with Crippen LogP contribution in [0.1, 0.15) is 194 Å². The van der Waals surface area contributed by atoms with E-state index in [4.69, 9.17) is 19.2 Å². The van der Waals surface area contributed by atoms with E-state index in [-0.39, 0.29) is 37.7 Å². The Morgan fingerprint density at radius 2 is 0.526 bits per heavy atom. The molecule has 0 spiro atoms. The predicted octanol–water partition coefficient (Wildman–Crippen LogP) is 11.3. The molecular formula is C32H69CaO4P. The van der Waals surface area contributed by atoms with E-state index >= 15 is 0 Å². The first-order chi connectivity index (χ1) is 17.8. The van der Waals surface area contributed by atoms with Gasteiger partial charge >= 0.3 is 45.6 Å². The first kappa shape index (κ1) is 46.3. The molecule has 0 aliphatic rings. The summed E-state index contributed by atoms with van der Waals surface area (Å²) in [6.07, 6.45) is 39.7. The van der Waals surface area contributed by atoms with Crippen molar-refractivity contribution in [3.63, 3.8) is 0 Å². The SMILES string of the molecule is O=P(O)(O)O.[CH2-]CCCCCCCCCCCCCCC.[CH2-]CCCCCCCCCCCCCCC.[Ca+2]. The molecule has 38 heavy (non-hydrogen) atoms. The van der Waals surface area contributed by atoms with Crippen LogP contribution >= 0.6 is 7.82 Å². The van der Waals surface area contributed by atoms with Crippen LogP contribution in [0.3, 0.4) is 0 Å². The Morgan fingerprint density at radius 1 is 0.395 bits per heavy atom. The fourth-order valence-corrected chi connectivity index (χ4v) is 4.39. The quantitative estimate of drug-likeness (QED) is 0.0406. The van der Waals surface area contributed by atoms with Gasteiger partial charge in [-0.2, -0.15) is 12.8 Å². The van der Waals surface area contributed by atoms with E-state index in [1.807, 2.05) is 0 Å². The average Bonchev–Trinajstić information content (AvgIpc) is 2.85. The Labute approximate surface area is 270 Å². The summed E-state index contributed by atoms with van der Waals surface area (Å²) in [6.45, 7) is 12.3. The Hall–Kier alpha value is 1.37. The van der Waals surface area contributed by atoms with Crippen LogP contribution < -0.4 is 0 Å². The van der Waals surface area contributed by atoms with Crippen LogP contribution in [0.4, 0.5) is 0 Å². The third kappa shape index (κ3) is 66.0. The van der Waals surface area contributed by atoms with Gasteiger partial charge in [0.05, 0.1) is 0 Å². The second-order valence-corrected chi connectivity index (χ2v) is 11.7. The van der Waals surface area contributed by atoms with E-state index in [0.717, 1.165) is 12.8 Å². The third-order valence-electron chi connectivity index (χ3n) is 6.71. The number of rotatable bonds is 26. The summed E-state index contributed by atoms with van der Waals surface area (Å²) < 4.78 is 8.88. The first-order valence-electron chi connectivity index (χ1n) is 16.2. The van der Waals surface area contributed by atoms with Crippen LogP contribution in [0, 0.1) is 13.8 Å². The van der Waals surface area contributed by atoms with Crippen molar-refractivity contribution in [1.82, 2.24) is 0 Å². The number of unbranched alkanes of at least 4 members (excludes halogenated alkanes) is 26. The normalized spacial score (nSPS) is 10.7. The van der Waals surface area contributed by atoms with Crippen molar-refractivity contribution in [3.05, 3.63) is 13.8 Å². The van der Waals surface area contributed by atoms with Crippen LogP contribution in [0.5, 0.6) is 0 Å². The van der Waals surface area contributed by atoms with Crippen molar-refractivity contribution in [2.24, 2.45) is 0 Å². The molecule has 0 saturated carbocycles. The molecule has 0 aromatic rings. The van der Waals surface area contributed by atoms with Crippen LogP contribution in [0.25, 0.3) is 0 Å². The Bertz CT molecular complexity index is 354. The molecule has 3 N–H and O–H groups in total. The molecule has 0 heterocycles. The summed E-state index contributed by atoms with van der Waals surface area (Å²) in [4.78, 5) is 21.6. The van der Waals surface area contributed by atoms with Crippen molar-refractivity contribution in [3.8, 4) is 0 Å². The van der Waals surface area contributed by atoms with E-state index in [2.05, 4.69) is 27.7 Å². The van der Waals surface area contributed by atoms with Crippen LogP contribution in [0.15, 0.2) is 0 Å². The van der Waals surface area contributed by atoms with Crippen molar-refractivity contribution in [1.29, 1.82) is 0 Å². The Kier molecular flexibility index (Phi) is 52.2. The van der Waals surface area contributed by atoms with Gasteiger partial charge in [-0.1, -0.05) is 181 Å². The van der Waals surface area contributed by atoms with E-state index in [9.17, 15) is 0 Å². The Morgan fingerprint density at radius 3 is 0.658 bits per heavy atom. The predicted molar refractivity (Wildman–Crippen MR) is 171 cm³/mol. The van der Waals surface area contributed by atoms with Gasteiger partial charge in [-0.25, -0.2) is 4.57 Å². The zero-order chi connectivity index (χ0) is 28.3. The first-order valence-corrected chi connectivity index (χ1v) is 17.8. The van der Waals surface area contributed by atoms with Gasteiger partial charge in [0, 0.05) is 0 Å². The van der Waals surface area contributed by atoms with E-state index in [1.165, 1.54) is 167 Å². The van der Waals surface area contributed by atoms with Crippen molar-refractivity contribution < 1.29 is 19.2 Å². The third-order valence-corrected chi connectivity index (χ3v) is 6.71. The minimum atomic E-state index is -4.64. The summed E-state index contributed by atoms with van der Waals surface area (Å²) in [5.41, 5.74) is 0. The van der Waals surface area contributed by atoms with Gasteiger partial charge in [0.2, 0.25) is 0 Å². The summed E-state index contributed by atoms with van der Waals surface area (Å²) in [6, 6.07) is 0. The molecule has 0 rings (SSSR count). The largest absolute Gasteiger partial charge is 2.00 e. The second kappa shape index (κ2) is 42.8. The van der Waals surface area contributed by atoms with Gasteiger partial charge < -0.3 is 28.5 Å². The molecule has 4 nitrogen and oxygen atoms in total. The molecule has 6 heteroatoms. The number of phosphoric acid groups is 1. The summed E-state index contributed by atoms with van der Waals surface area (Å²) in [5, 5.41) is 0. The Balaban J connectivity index is -0.000000252. The molecule has 0 aliphatic carbocycles. The molecule has 0 bridgehead atoms. The molecule has 0 aromatic heterocycles. The van der Waals surface area contributed by atoms with E-state index in [0.29, 0.717) is 0 Å². The standard InChI is InChI=1S/2C16H33.Ca.H3O4P/c2*1-3-5-7-9-11-13-15-16-14-12-10-8-6-4-2;;1-5(2,3)4/h2*1,3-16H2,2H3;;(H3,1,2,3,4)/q2*-1;+2;. The molecule has 0 radical (unpaired) electrons. The van der Waals surface area contributed by atoms with Gasteiger partial charge in [0.15, 0.2) is 0 Å². The van der Waals surface area contributed by atoms with Crippen molar-refractivity contribution >= 4 is 45.6 Å². The van der Waals surface area contributed by atoms with Gasteiger partial charge in [-0.15, -0.1) is 0 Å². The van der Waals surface area contributed by atoms with Gasteiger partial charge in [0.25, 0.3) is 0 Å². The number of hydrogen-bond donors (Lipinski definition) is 3. The maximum atomic E-state index is 8.88. The molecule has 0 saturated heterocycles. The fraction of sp³-hybridized carbons (Fsp3) is 0.938. The molecule has 228 valence electrons. The second-order valence-electron chi connectivity index (χ2n) is 10.7. The molecule has 0 unspecified atom stereocenters. The van der Waals surface area contributed by atoms with Crippen LogP contribution in [0.2, 0.25) is 0 Å². The molecule has 0 atom stereocenters. The average molecular weight is 589 g/mol. The monoisotopic (exact) mass is 588 g/mol. The molecule has 0 amide bonds. The molecular weight excluding hydrogens is 519 g/mol. The summed E-state index contributed by atoms with van der Waals surface area (Å²) in [5.74, 6) is 0. The van der Waals surface area contributed by atoms with Crippen LogP contribution in [-0.2, 0) is 4.57 Å². The van der Waals surface area contributed by atoms with E-state index in [1.54, 1.807) is 0 Å². The summed E-state index contributed by atoms with van der Waals surface area (Å²) in [7, 11) is -4.64. The topological polar surface area (TPSA) is 77.8 Å². The van der Waals surface area contributed by atoms with E-state index < -0.39 is 7.82 Å². The smallest absolute Gasteiger partial charge is 0.343 e. The minimum Gasteiger partial charge on any atom is -0.343 e. The molecule has 0 aromatic carbocycles. The molecule has 0 aliphatic heterocycles. The minimum absolute atomic E-state index is 0. The summed E-state index contributed by atoms with van der Waals surface area (Å²) >= 11 is 0. The van der Waals surface area contributed by atoms with Gasteiger partial charge in [-0.05, 0) is 0 Å².